The Labute approximate surface area is 137 Å². The zero-order valence-electron chi connectivity index (χ0n) is 12.3. The van der Waals surface area contributed by atoms with Crippen molar-refractivity contribution in [2.24, 2.45) is 11.8 Å². The number of carbonyl (C=O) groups excluding carboxylic acids is 3. The zero-order chi connectivity index (χ0) is 16.0. The summed E-state index contributed by atoms with van der Waals surface area (Å²) in [5, 5.41) is 0. The van der Waals surface area contributed by atoms with Crippen LogP contribution in [-0.2, 0) is 28.6 Å². The van der Waals surface area contributed by atoms with Crippen LogP contribution in [0.2, 0.25) is 0 Å². The Hall–Kier alpha value is -1.12. The summed E-state index contributed by atoms with van der Waals surface area (Å²) in [5.74, 6) is -4.34. The van der Waals surface area contributed by atoms with Crippen molar-refractivity contribution in [1.29, 1.82) is 0 Å². The van der Waals surface area contributed by atoms with E-state index in [-0.39, 0.29) is 19.8 Å². The minimum atomic E-state index is -1.30. The molecule has 118 valence electrons. The summed E-state index contributed by atoms with van der Waals surface area (Å²) < 4.78 is 15.8. The van der Waals surface area contributed by atoms with Crippen LogP contribution in [0.15, 0.2) is 9.15 Å². The van der Waals surface area contributed by atoms with Crippen LogP contribution in [0.4, 0.5) is 0 Å². The van der Waals surface area contributed by atoms with Gasteiger partial charge in [-0.1, -0.05) is 6.92 Å². The number of allylic oxidation sites excluding steroid dienone is 1. The van der Waals surface area contributed by atoms with Gasteiger partial charge < -0.3 is 14.2 Å². The molecule has 6 nitrogen and oxygen atoms in total. The first-order valence-electron chi connectivity index (χ1n) is 6.85. The van der Waals surface area contributed by atoms with Gasteiger partial charge in [-0.25, -0.2) is 0 Å². The number of cyclic esters (lactones) is 1. The van der Waals surface area contributed by atoms with Crippen molar-refractivity contribution in [3.8, 4) is 0 Å². The van der Waals surface area contributed by atoms with E-state index in [2.05, 4.69) is 22.6 Å². The summed E-state index contributed by atoms with van der Waals surface area (Å²) in [6.45, 7) is 5.56. The van der Waals surface area contributed by atoms with E-state index in [9.17, 15) is 14.4 Å². The highest BCUT2D eigenvalue weighted by molar-refractivity contribution is 14.1. The summed E-state index contributed by atoms with van der Waals surface area (Å²) >= 11 is 2.10. The number of esters is 3. The first-order chi connectivity index (χ1) is 9.97. The summed E-state index contributed by atoms with van der Waals surface area (Å²) in [5.41, 5.74) is 0.661. The molecule has 0 aromatic rings. The molecular weight excluding hydrogens is 391 g/mol. The molecule has 0 spiro atoms. The van der Waals surface area contributed by atoms with Crippen molar-refractivity contribution < 1.29 is 28.6 Å². The van der Waals surface area contributed by atoms with Gasteiger partial charge in [-0.15, -0.1) is 0 Å². The van der Waals surface area contributed by atoms with Crippen molar-refractivity contribution >= 4 is 40.5 Å². The van der Waals surface area contributed by atoms with E-state index >= 15 is 0 Å². The Kier molecular flexibility index (Phi) is 7.13. The van der Waals surface area contributed by atoms with Crippen molar-refractivity contribution in [3.05, 3.63) is 9.15 Å². The number of carbonyl (C=O) groups is 3. The van der Waals surface area contributed by atoms with E-state index < -0.39 is 29.7 Å². The van der Waals surface area contributed by atoms with Gasteiger partial charge in [0.1, 0.15) is 12.5 Å². The Balaban J connectivity index is 3.19. The third kappa shape index (κ3) is 4.18. The van der Waals surface area contributed by atoms with E-state index in [4.69, 9.17) is 14.2 Å². The molecule has 1 heterocycles. The van der Waals surface area contributed by atoms with E-state index in [1.807, 2.05) is 6.92 Å². The summed E-state index contributed by atoms with van der Waals surface area (Å²) in [4.78, 5) is 36.2. The summed E-state index contributed by atoms with van der Waals surface area (Å²) in [6, 6.07) is 0. The van der Waals surface area contributed by atoms with E-state index in [1.165, 1.54) is 0 Å². The maximum atomic E-state index is 12.1. The largest absolute Gasteiger partial charge is 0.465 e. The van der Waals surface area contributed by atoms with Gasteiger partial charge in [0.05, 0.1) is 13.2 Å². The van der Waals surface area contributed by atoms with Gasteiger partial charge in [0.15, 0.2) is 5.92 Å². The fraction of sp³-hybridized carbons (Fsp3) is 0.643. The SMILES string of the molecule is CCOC(=O)C(C(=O)OCC)C1C(=O)OC/C1=C(\I)CC. The molecule has 21 heavy (non-hydrogen) atoms. The molecule has 1 unspecified atom stereocenters. The van der Waals surface area contributed by atoms with Crippen molar-refractivity contribution in [2.45, 2.75) is 27.2 Å². The lowest BCUT2D eigenvalue weighted by atomic mass is 9.87. The standard InChI is InChI=1S/C14H19IO6/c1-4-9(15)8-7-21-12(16)10(8)11(13(17)19-5-2)14(18)20-6-3/h10-11H,4-7H2,1-3H3/b9-8+. The lowest BCUT2D eigenvalue weighted by Gasteiger charge is -2.19. The molecule has 1 aliphatic rings. The van der Waals surface area contributed by atoms with Crippen molar-refractivity contribution in [2.75, 3.05) is 19.8 Å². The molecule has 0 saturated carbocycles. The number of rotatable bonds is 6. The summed E-state index contributed by atoms with van der Waals surface area (Å²) in [7, 11) is 0. The molecule has 1 atom stereocenters. The third-order valence-corrected chi connectivity index (χ3v) is 4.53. The highest BCUT2D eigenvalue weighted by Gasteiger charge is 2.48. The molecular formula is C14H19IO6. The lowest BCUT2D eigenvalue weighted by molar-refractivity contribution is -0.167. The molecule has 0 aromatic heterocycles. The van der Waals surface area contributed by atoms with Crippen LogP contribution in [0.3, 0.4) is 0 Å². The Morgan fingerprint density at radius 2 is 1.76 bits per heavy atom. The van der Waals surface area contributed by atoms with Crippen LogP contribution in [-0.4, -0.2) is 37.7 Å². The summed E-state index contributed by atoms with van der Waals surface area (Å²) in [6.07, 6.45) is 0.696. The van der Waals surface area contributed by atoms with Gasteiger partial charge in [0.25, 0.3) is 0 Å². The average molecular weight is 410 g/mol. The van der Waals surface area contributed by atoms with Crippen LogP contribution >= 0.6 is 22.6 Å². The molecule has 0 aromatic carbocycles. The van der Waals surface area contributed by atoms with Gasteiger partial charge in [0.2, 0.25) is 0 Å². The Morgan fingerprint density at radius 3 is 2.19 bits per heavy atom. The zero-order valence-corrected chi connectivity index (χ0v) is 14.5. The van der Waals surface area contributed by atoms with E-state index in [0.29, 0.717) is 12.0 Å². The predicted molar refractivity (Wildman–Crippen MR) is 82.5 cm³/mol. The van der Waals surface area contributed by atoms with Crippen LogP contribution < -0.4 is 0 Å². The van der Waals surface area contributed by atoms with Gasteiger partial charge in [0, 0.05) is 0 Å². The first-order valence-corrected chi connectivity index (χ1v) is 7.92. The Morgan fingerprint density at radius 1 is 1.24 bits per heavy atom. The second-order valence-corrected chi connectivity index (χ2v) is 5.65. The number of hydrogen-bond acceptors (Lipinski definition) is 6. The molecule has 7 heteroatoms. The monoisotopic (exact) mass is 410 g/mol. The maximum absolute atomic E-state index is 12.1. The second kappa shape index (κ2) is 8.35. The second-order valence-electron chi connectivity index (χ2n) is 4.35. The van der Waals surface area contributed by atoms with Crippen molar-refractivity contribution in [1.82, 2.24) is 0 Å². The lowest BCUT2D eigenvalue weighted by Crippen LogP contribution is -2.37. The normalized spacial score (nSPS) is 20.2. The smallest absolute Gasteiger partial charge is 0.321 e. The number of hydrogen-bond donors (Lipinski definition) is 0. The molecule has 0 N–H and O–H groups in total. The fourth-order valence-electron chi connectivity index (χ4n) is 2.11. The van der Waals surface area contributed by atoms with Crippen LogP contribution in [0, 0.1) is 11.8 Å². The first kappa shape index (κ1) is 17.9. The number of ether oxygens (including phenoxy) is 3. The third-order valence-electron chi connectivity index (χ3n) is 3.07. The minimum absolute atomic E-state index is 0.102. The molecule has 1 rings (SSSR count). The molecule has 1 fully saturated rings. The fourth-order valence-corrected chi connectivity index (χ4v) is 2.61. The van der Waals surface area contributed by atoms with Crippen LogP contribution in [0.5, 0.6) is 0 Å². The average Bonchev–Trinajstić information content (AvgIpc) is 2.81. The molecule has 0 radical (unpaired) electrons. The molecule has 1 saturated heterocycles. The quantitative estimate of drug-likeness (QED) is 0.289. The Bertz CT molecular complexity index is 438. The van der Waals surface area contributed by atoms with Gasteiger partial charge >= 0.3 is 17.9 Å². The van der Waals surface area contributed by atoms with Crippen LogP contribution in [0.25, 0.3) is 0 Å². The highest BCUT2D eigenvalue weighted by atomic mass is 127. The maximum Gasteiger partial charge on any atom is 0.321 e. The van der Waals surface area contributed by atoms with E-state index in [1.54, 1.807) is 13.8 Å². The molecule has 1 aliphatic heterocycles. The molecule has 0 bridgehead atoms. The minimum Gasteiger partial charge on any atom is -0.465 e. The van der Waals surface area contributed by atoms with Gasteiger partial charge in [-0.05, 0) is 52.0 Å². The van der Waals surface area contributed by atoms with Crippen LogP contribution in [0.1, 0.15) is 27.2 Å². The molecule has 0 amide bonds. The highest BCUT2D eigenvalue weighted by Crippen LogP contribution is 2.35. The number of halogens is 1. The van der Waals surface area contributed by atoms with Gasteiger partial charge in [-0.2, -0.15) is 0 Å². The predicted octanol–water partition coefficient (Wildman–Crippen LogP) is 2.00. The van der Waals surface area contributed by atoms with Gasteiger partial charge in [-0.3, -0.25) is 14.4 Å². The molecule has 0 aliphatic carbocycles. The van der Waals surface area contributed by atoms with Crippen molar-refractivity contribution in [3.63, 3.8) is 0 Å². The van der Waals surface area contributed by atoms with E-state index in [0.717, 1.165) is 3.58 Å². The topological polar surface area (TPSA) is 78.9 Å².